The minimum atomic E-state index is -0.620. The van der Waals surface area contributed by atoms with Gasteiger partial charge in [0.25, 0.3) is 0 Å². The van der Waals surface area contributed by atoms with Crippen LogP contribution in [0.3, 0.4) is 0 Å². The van der Waals surface area contributed by atoms with Crippen LogP contribution < -0.4 is 5.32 Å². The van der Waals surface area contributed by atoms with E-state index >= 15 is 0 Å². The van der Waals surface area contributed by atoms with Gasteiger partial charge in [-0.15, -0.1) is 0 Å². The number of aliphatic hydroxyl groups is 1. The molecule has 1 aromatic rings. The molecule has 102 valence electrons. The van der Waals surface area contributed by atoms with Crippen molar-refractivity contribution in [3.05, 3.63) is 12.2 Å². The van der Waals surface area contributed by atoms with Gasteiger partial charge in [0.15, 0.2) is 0 Å². The van der Waals surface area contributed by atoms with Crippen molar-refractivity contribution >= 4 is 0 Å². The van der Waals surface area contributed by atoms with Gasteiger partial charge in [-0.1, -0.05) is 13.8 Å². The first kappa shape index (κ1) is 13.5. The van der Waals surface area contributed by atoms with E-state index in [0.29, 0.717) is 12.3 Å². The van der Waals surface area contributed by atoms with E-state index in [2.05, 4.69) is 29.2 Å². The van der Waals surface area contributed by atoms with E-state index in [1.807, 2.05) is 4.68 Å². The third-order valence-corrected chi connectivity index (χ3v) is 3.48. The van der Waals surface area contributed by atoms with Crippen LogP contribution in [0.25, 0.3) is 0 Å². The number of hydrogen-bond acceptors (Lipinski definition) is 4. The van der Waals surface area contributed by atoms with Gasteiger partial charge < -0.3 is 10.4 Å². The van der Waals surface area contributed by atoms with Gasteiger partial charge in [0, 0.05) is 13.0 Å². The number of nitrogens with one attached hydrogen (secondary N) is 1. The summed E-state index contributed by atoms with van der Waals surface area (Å²) in [5.41, 5.74) is -0.620. The Labute approximate surface area is 109 Å². The van der Waals surface area contributed by atoms with E-state index in [1.54, 1.807) is 6.33 Å². The van der Waals surface area contributed by atoms with Gasteiger partial charge in [-0.2, -0.15) is 5.10 Å². The molecule has 1 fully saturated rings. The quantitative estimate of drug-likeness (QED) is 0.838. The zero-order chi connectivity index (χ0) is 13.0. The number of aromatic nitrogens is 3. The van der Waals surface area contributed by atoms with Crippen LogP contribution >= 0.6 is 0 Å². The molecular weight excluding hydrogens is 228 g/mol. The molecule has 2 rings (SSSR count). The maximum absolute atomic E-state index is 10.7. The Bertz CT molecular complexity index is 367. The van der Waals surface area contributed by atoms with Crippen molar-refractivity contribution in [2.45, 2.75) is 51.7 Å². The zero-order valence-electron chi connectivity index (χ0n) is 11.4. The van der Waals surface area contributed by atoms with Crippen LogP contribution in [0, 0.1) is 5.92 Å². The van der Waals surface area contributed by atoms with Crippen molar-refractivity contribution < 1.29 is 5.11 Å². The summed E-state index contributed by atoms with van der Waals surface area (Å²) in [5, 5.41) is 18.2. The Morgan fingerprint density at radius 2 is 2.28 bits per heavy atom. The van der Waals surface area contributed by atoms with Gasteiger partial charge in [-0.05, 0) is 38.3 Å². The molecule has 1 aromatic heterocycles. The van der Waals surface area contributed by atoms with Crippen LogP contribution in [0.1, 0.15) is 38.9 Å². The lowest BCUT2D eigenvalue weighted by atomic mass is 9.91. The molecule has 0 radical (unpaired) electrons. The molecular formula is C13H24N4O. The highest BCUT2D eigenvalue weighted by molar-refractivity contribution is 4.96. The Hall–Kier alpha value is -0.940. The molecule has 2 N–H and O–H groups in total. The molecule has 0 spiro atoms. The van der Waals surface area contributed by atoms with E-state index in [0.717, 1.165) is 44.7 Å². The highest BCUT2D eigenvalue weighted by Gasteiger charge is 2.30. The molecule has 1 saturated heterocycles. The van der Waals surface area contributed by atoms with E-state index in [9.17, 15) is 5.11 Å². The molecule has 1 unspecified atom stereocenters. The molecule has 18 heavy (non-hydrogen) atoms. The standard InChI is InChI=1S/C13H24N4O/c1-11(2)9-17-12(15-10-16-17)8-13(18)4-3-6-14-7-5-13/h10-11,14,18H,3-9H2,1-2H3. The van der Waals surface area contributed by atoms with Crippen molar-refractivity contribution in [3.63, 3.8) is 0 Å². The van der Waals surface area contributed by atoms with Crippen LogP contribution in [0.2, 0.25) is 0 Å². The van der Waals surface area contributed by atoms with Crippen molar-refractivity contribution in [3.8, 4) is 0 Å². The van der Waals surface area contributed by atoms with Crippen LogP contribution in [-0.2, 0) is 13.0 Å². The molecule has 0 saturated carbocycles. The van der Waals surface area contributed by atoms with Gasteiger partial charge in [-0.25, -0.2) is 9.67 Å². The molecule has 5 heteroatoms. The average molecular weight is 252 g/mol. The minimum absolute atomic E-state index is 0.538. The summed E-state index contributed by atoms with van der Waals surface area (Å²) >= 11 is 0. The fraction of sp³-hybridized carbons (Fsp3) is 0.846. The molecule has 0 amide bonds. The van der Waals surface area contributed by atoms with Crippen LogP contribution in [0.15, 0.2) is 6.33 Å². The summed E-state index contributed by atoms with van der Waals surface area (Å²) in [6, 6.07) is 0. The van der Waals surface area contributed by atoms with Crippen LogP contribution in [0.4, 0.5) is 0 Å². The summed E-state index contributed by atoms with van der Waals surface area (Å²) < 4.78 is 1.93. The Balaban J connectivity index is 2.05. The first-order valence-electron chi connectivity index (χ1n) is 6.89. The van der Waals surface area contributed by atoms with E-state index in [1.165, 1.54) is 0 Å². The maximum atomic E-state index is 10.7. The summed E-state index contributed by atoms with van der Waals surface area (Å²) in [4.78, 5) is 4.31. The van der Waals surface area contributed by atoms with Crippen molar-refractivity contribution in [1.82, 2.24) is 20.1 Å². The molecule has 2 heterocycles. The Kier molecular flexibility index (Phi) is 4.35. The van der Waals surface area contributed by atoms with Crippen LogP contribution in [-0.4, -0.2) is 38.6 Å². The second-order valence-electron chi connectivity index (χ2n) is 5.76. The molecule has 0 bridgehead atoms. The summed E-state index contributed by atoms with van der Waals surface area (Å²) in [5.74, 6) is 1.45. The van der Waals surface area contributed by atoms with Gasteiger partial charge in [0.2, 0.25) is 0 Å². The third-order valence-electron chi connectivity index (χ3n) is 3.48. The zero-order valence-corrected chi connectivity index (χ0v) is 11.4. The monoisotopic (exact) mass is 252 g/mol. The lowest BCUT2D eigenvalue weighted by Crippen LogP contribution is -2.34. The second-order valence-corrected chi connectivity index (χ2v) is 5.76. The fourth-order valence-electron chi connectivity index (χ4n) is 2.51. The molecule has 1 aliphatic rings. The van der Waals surface area contributed by atoms with Crippen molar-refractivity contribution in [2.75, 3.05) is 13.1 Å². The average Bonchev–Trinajstić information content (AvgIpc) is 2.59. The van der Waals surface area contributed by atoms with Gasteiger partial charge in [0.05, 0.1) is 5.60 Å². The SMILES string of the molecule is CC(C)Cn1ncnc1CC1(O)CCCNCC1. The summed E-state index contributed by atoms with van der Waals surface area (Å²) in [6.45, 7) is 7.07. The predicted molar refractivity (Wildman–Crippen MR) is 70.2 cm³/mol. The first-order valence-corrected chi connectivity index (χ1v) is 6.89. The van der Waals surface area contributed by atoms with Gasteiger partial charge in [-0.3, -0.25) is 0 Å². The lowest BCUT2D eigenvalue weighted by molar-refractivity contribution is 0.0254. The van der Waals surface area contributed by atoms with Gasteiger partial charge in [0.1, 0.15) is 12.2 Å². The van der Waals surface area contributed by atoms with Crippen LogP contribution in [0.5, 0.6) is 0 Å². The normalized spacial score (nSPS) is 25.3. The molecule has 1 aliphatic heterocycles. The molecule has 1 atom stereocenters. The van der Waals surface area contributed by atoms with Gasteiger partial charge >= 0.3 is 0 Å². The molecule has 5 nitrogen and oxygen atoms in total. The molecule has 0 aliphatic carbocycles. The lowest BCUT2D eigenvalue weighted by Gasteiger charge is -2.26. The first-order chi connectivity index (χ1) is 8.59. The summed E-state index contributed by atoms with van der Waals surface area (Å²) in [6.07, 6.45) is 4.86. The minimum Gasteiger partial charge on any atom is -0.389 e. The number of nitrogens with zero attached hydrogens (tertiary/aromatic N) is 3. The van der Waals surface area contributed by atoms with E-state index in [-0.39, 0.29) is 0 Å². The highest BCUT2D eigenvalue weighted by Crippen LogP contribution is 2.23. The number of hydrogen-bond donors (Lipinski definition) is 2. The fourth-order valence-corrected chi connectivity index (χ4v) is 2.51. The maximum Gasteiger partial charge on any atom is 0.138 e. The predicted octanol–water partition coefficient (Wildman–Crippen LogP) is 0.981. The highest BCUT2D eigenvalue weighted by atomic mass is 16.3. The largest absolute Gasteiger partial charge is 0.389 e. The second kappa shape index (κ2) is 5.80. The number of rotatable bonds is 4. The molecule has 0 aromatic carbocycles. The Morgan fingerprint density at radius 3 is 3.06 bits per heavy atom. The Morgan fingerprint density at radius 1 is 1.44 bits per heavy atom. The summed E-state index contributed by atoms with van der Waals surface area (Å²) in [7, 11) is 0. The smallest absolute Gasteiger partial charge is 0.138 e. The van der Waals surface area contributed by atoms with E-state index in [4.69, 9.17) is 0 Å². The van der Waals surface area contributed by atoms with Crippen molar-refractivity contribution in [1.29, 1.82) is 0 Å². The van der Waals surface area contributed by atoms with E-state index < -0.39 is 5.60 Å². The topological polar surface area (TPSA) is 63.0 Å². The third kappa shape index (κ3) is 3.53. The van der Waals surface area contributed by atoms with Crippen molar-refractivity contribution in [2.24, 2.45) is 5.92 Å².